The highest BCUT2D eigenvalue weighted by molar-refractivity contribution is 7.99. The second-order valence-electron chi connectivity index (χ2n) is 5.65. The molecule has 0 saturated heterocycles. The molecule has 0 atom stereocenters. The van der Waals surface area contributed by atoms with Crippen molar-refractivity contribution in [2.24, 2.45) is 14.1 Å². The summed E-state index contributed by atoms with van der Waals surface area (Å²) in [5.74, 6) is 1.61. The summed E-state index contributed by atoms with van der Waals surface area (Å²) < 4.78 is 2.57. The SMILES string of the molecule is CCCCSc1nc(CCCC)nc2c1c(=O)n(C)c(=O)n2C. The van der Waals surface area contributed by atoms with Crippen molar-refractivity contribution in [3.63, 3.8) is 0 Å². The van der Waals surface area contributed by atoms with Gasteiger partial charge >= 0.3 is 5.69 Å². The molecule has 23 heavy (non-hydrogen) atoms. The van der Waals surface area contributed by atoms with Crippen LogP contribution in [0.4, 0.5) is 0 Å². The molecule has 0 N–H and O–H groups in total. The van der Waals surface area contributed by atoms with Crippen LogP contribution >= 0.6 is 11.8 Å². The first-order valence-corrected chi connectivity index (χ1v) is 9.09. The lowest BCUT2D eigenvalue weighted by atomic mass is 10.2. The van der Waals surface area contributed by atoms with Gasteiger partial charge in [0.15, 0.2) is 5.65 Å². The highest BCUT2D eigenvalue weighted by atomic mass is 32.2. The first-order chi connectivity index (χ1) is 11.0. The molecule has 0 amide bonds. The van der Waals surface area contributed by atoms with E-state index in [4.69, 9.17) is 0 Å². The Labute approximate surface area is 140 Å². The van der Waals surface area contributed by atoms with Gasteiger partial charge in [-0.3, -0.25) is 13.9 Å². The van der Waals surface area contributed by atoms with Gasteiger partial charge in [0.2, 0.25) is 0 Å². The molecule has 0 saturated carbocycles. The standard InChI is InChI=1S/C16H24N4O2S/c1-5-7-9-11-17-13-12(14(18-11)23-10-8-6-2)15(21)20(4)16(22)19(13)3/h5-10H2,1-4H3. The summed E-state index contributed by atoms with van der Waals surface area (Å²) in [5, 5.41) is 1.15. The van der Waals surface area contributed by atoms with E-state index in [1.165, 1.54) is 11.6 Å². The maximum atomic E-state index is 12.5. The highest BCUT2D eigenvalue weighted by Crippen LogP contribution is 2.23. The summed E-state index contributed by atoms with van der Waals surface area (Å²) >= 11 is 1.58. The monoisotopic (exact) mass is 336 g/mol. The zero-order chi connectivity index (χ0) is 17.0. The Morgan fingerprint density at radius 1 is 1.00 bits per heavy atom. The molecule has 0 bridgehead atoms. The van der Waals surface area contributed by atoms with Crippen LogP contribution in [0.3, 0.4) is 0 Å². The van der Waals surface area contributed by atoms with Crippen molar-refractivity contribution in [1.29, 1.82) is 0 Å². The lowest BCUT2D eigenvalue weighted by Gasteiger charge is -2.11. The van der Waals surface area contributed by atoms with Crippen LogP contribution in [0.25, 0.3) is 11.0 Å². The molecule has 6 nitrogen and oxygen atoms in total. The van der Waals surface area contributed by atoms with Crippen LogP contribution in [0.15, 0.2) is 14.6 Å². The summed E-state index contributed by atoms with van der Waals surface area (Å²) in [4.78, 5) is 33.8. The maximum absolute atomic E-state index is 12.5. The van der Waals surface area contributed by atoms with E-state index in [2.05, 4.69) is 23.8 Å². The van der Waals surface area contributed by atoms with Crippen LogP contribution < -0.4 is 11.2 Å². The molecule has 7 heteroatoms. The van der Waals surface area contributed by atoms with E-state index in [-0.39, 0.29) is 11.2 Å². The molecule has 0 spiro atoms. The smallest absolute Gasteiger partial charge is 0.280 e. The molecule has 2 aromatic rings. The average molecular weight is 336 g/mol. The molecular weight excluding hydrogens is 312 g/mol. The molecule has 0 fully saturated rings. The Balaban J connectivity index is 2.67. The number of thioether (sulfide) groups is 1. The van der Waals surface area contributed by atoms with Gasteiger partial charge in [0.1, 0.15) is 16.2 Å². The number of hydrogen-bond acceptors (Lipinski definition) is 5. The second-order valence-corrected chi connectivity index (χ2v) is 6.74. The third-order valence-corrected chi connectivity index (χ3v) is 4.87. The summed E-state index contributed by atoms with van der Waals surface area (Å²) in [6, 6.07) is 0. The number of fused-ring (bicyclic) bond motifs is 1. The third kappa shape index (κ3) is 3.65. The van der Waals surface area contributed by atoms with Gasteiger partial charge in [0, 0.05) is 20.5 Å². The van der Waals surface area contributed by atoms with Gasteiger partial charge in [-0.2, -0.15) is 0 Å². The average Bonchev–Trinajstić information content (AvgIpc) is 2.56. The quantitative estimate of drug-likeness (QED) is 0.441. The van der Waals surface area contributed by atoms with Gasteiger partial charge in [0.25, 0.3) is 5.56 Å². The third-order valence-electron chi connectivity index (χ3n) is 3.80. The van der Waals surface area contributed by atoms with Crippen molar-refractivity contribution >= 4 is 22.8 Å². The van der Waals surface area contributed by atoms with Crippen molar-refractivity contribution in [2.75, 3.05) is 5.75 Å². The van der Waals surface area contributed by atoms with Crippen LogP contribution in [0, 0.1) is 0 Å². The highest BCUT2D eigenvalue weighted by Gasteiger charge is 2.17. The van der Waals surface area contributed by atoms with Crippen LogP contribution in [0.1, 0.15) is 45.4 Å². The minimum absolute atomic E-state index is 0.316. The Morgan fingerprint density at radius 2 is 1.70 bits per heavy atom. The van der Waals surface area contributed by atoms with Crippen molar-refractivity contribution < 1.29 is 0 Å². The maximum Gasteiger partial charge on any atom is 0.332 e. The molecule has 126 valence electrons. The van der Waals surface area contributed by atoms with Gasteiger partial charge in [-0.05, 0) is 18.6 Å². The fourth-order valence-electron chi connectivity index (χ4n) is 2.34. The van der Waals surface area contributed by atoms with Gasteiger partial charge in [-0.15, -0.1) is 11.8 Å². The van der Waals surface area contributed by atoms with E-state index in [9.17, 15) is 9.59 Å². The van der Waals surface area contributed by atoms with Gasteiger partial charge in [-0.25, -0.2) is 14.8 Å². The topological polar surface area (TPSA) is 69.8 Å². The van der Waals surface area contributed by atoms with Crippen molar-refractivity contribution in [2.45, 2.75) is 51.0 Å². The number of nitrogens with zero attached hydrogens (tertiary/aromatic N) is 4. The van der Waals surface area contributed by atoms with Crippen LogP contribution in [0.5, 0.6) is 0 Å². The van der Waals surface area contributed by atoms with E-state index in [0.29, 0.717) is 21.9 Å². The Morgan fingerprint density at radius 3 is 2.35 bits per heavy atom. The molecule has 0 radical (unpaired) electrons. The minimum atomic E-state index is -0.354. The second kappa shape index (κ2) is 7.77. The number of aromatic nitrogens is 4. The Kier molecular flexibility index (Phi) is 5.98. The normalized spacial score (nSPS) is 11.3. The summed E-state index contributed by atoms with van der Waals surface area (Å²) in [7, 11) is 3.15. The minimum Gasteiger partial charge on any atom is -0.280 e. The molecule has 0 aromatic carbocycles. The van der Waals surface area contributed by atoms with Crippen molar-refractivity contribution in [3.05, 3.63) is 26.7 Å². The van der Waals surface area contributed by atoms with Gasteiger partial charge in [-0.1, -0.05) is 26.7 Å². The van der Waals surface area contributed by atoms with E-state index >= 15 is 0 Å². The largest absolute Gasteiger partial charge is 0.332 e. The molecular formula is C16H24N4O2S. The molecule has 0 aliphatic rings. The number of aryl methyl sites for hydroxylation is 2. The van der Waals surface area contributed by atoms with Gasteiger partial charge in [0.05, 0.1) is 0 Å². The van der Waals surface area contributed by atoms with Gasteiger partial charge < -0.3 is 0 Å². The summed E-state index contributed by atoms with van der Waals surface area (Å²) in [5.41, 5.74) is -0.227. The predicted molar refractivity (Wildman–Crippen MR) is 94.3 cm³/mol. The molecule has 0 unspecified atom stereocenters. The first-order valence-electron chi connectivity index (χ1n) is 8.10. The molecule has 2 aromatic heterocycles. The van der Waals surface area contributed by atoms with Crippen molar-refractivity contribution in [1.82, 2.24) is 19.1 Å². The predicted octanol–water partition coefficient (Wildman–Crippen LogP) is 2.26. The Hall–Kier alpha value is -1.63. The number of hydrogen-bond donors (Lipinski definition) is 0. The molecule has 0 aliphatic heterocycles. The van der Waals surface area contributed by atoms with E-state index < -0.39 is 0 Å². The fraction of sp³-hybridized carbons (Fsp3) is 0.625. The summed E-state index contributed by atoms with van der Waals surface area (Å²) in [6.07, 6.45) is 4.96. The van der Waals surface area contributed by atoms with Crippen LogP contribution in [0.2, 0.25) is 0 Å². The summed E-state index contributed by atoms with van der Waals surface area (Å²) in [6.45, 7) is 4.25. The lowest BCUT2D eigenvalue weighted by Crippen LogP contribution is -2.37. The molecule has 0 aliphatic carbocycles. The first kappa shape index (κ1) is 17.7. The van der Waals surface area contributed by atoms with Crippen LogP contribution in [-0.4, -0.2) is 24.9 Å². The zero-order valence-electron chi connectivity index (χ0n) is 14.3. The molecule has 2 heterocycles. The van der Waals surface area contributed by atoms with Crippen LogP contribution in [-0.2, 0) is 20.5 Å². The van der Waals surface area contributed by atoms with E-state index in [0.717, 1.165) is 42.4 Å². The van der Waals surface area contributed by atoms with E-state index in [1.54, 1.807) is 18.8 Å². The number of unbranched alkanes of at least 4 members (excludes halogenated alkanes) is 2. The zero-order valence-corrected chi connectivity index (χ0v) is 15.1. The Bertz CT molecular complexity index is 810. The van der Waals surface area contributed by atoms with E-state index in [1.807, 2.05) is 0 Å². The number of rotatable bonds is 7. The lowest BCUT2D eigenvalue weighted by molar-refractivity contribution is 0.690. The van der Waals surface area contributed by atoms with Crippen molar-refractivity contribution in [3.8, 4) is 0 Å². The molecule has 2 rings (SSSR count). The fourth-order valence-corrected chi connectivity index (χ4v) is 3.46.